The highest BCUT2D eigenvalue weighted by Crippen LogP contribution is 2.29. The lowest BCUT2D eigenvalue weighted by atomic mass is 10.2. The Bertz CT molecular complexity index is 522. The second kappa shape index (κ2) is 4.94. The monoisotopic (exact) mass is 267 g/mol. The van der Waals surface area contributed by atoms with Gasteiger partial charge in [0.15, 0.2) is 5.13 Å². The number of anilines is 3. The molecule has 90 valence electrons. The second-order valence-electron chi connectivity index (χ2n) is 4.10. The molecule has 1 aromatic heterocycles. The molecule has 2 rings (SSSR count). The molecule has 0 unspecified atom stereocenters. The van der Waals surface area contributed by atoms with Crippen molar-refractivity contribution in [3.05, 3.63) is 34.3 Å². The van der Waals surface area contributed by atoms with Crippen molar-refractivity contribution in [1.29, 1.82) is 0 Å². The maximum Gasteiger partial charge on any atom is 0.187 e. The van der Waals surface area contributed by atoms with E-state index < -0.39 is 0 Å². The minimum atomic E-state index is 0.434. The van der Waals surface area contributed by atoms with E-state index in [1.807, 2.05) is 12.1 Å². The number of halogens is 1. The molecule has 0 aliphatic rings. The third-order valence-electron chi connectivity index (χ3n) is 2.35. The zero-order valence-electron chi connectivity index (χ0n) is 9.70. The summed E-state index contributed by atoms with van der Waals surface area (Å²) >= 11 is 7.66. The van der Waals surface area contributed by atoms with Crippen molar-refractivity contribution < 1.29 is 0 Å². The van der Waals surface area contributed by atoms with Crippen LogP contribution in [0.4, 0.5) is 16.5 Å². The van der Waals surface area contributed by atoms with Gasteiger partial charge in [0.1, 0.15) is 0 Å². The molecular weight excluding hydrogens is 254 g/mol. The van der Waals surface area contributed by atoms with E-state index in [4.69, 9.17) is 17.3 Å². The highest BCUT2D eigenvalue weighted by Gasteiger charge is 2.07. The molecule has 0 bridgehead atoms. The van der Waals surface area contributed by atoms with Gasteiger partial charge in [0, 0.05) is 11.1 Å². The molecule has 0 spiro atoms. The summed E-state index contributed by atoms with van der Waals surface area (Å²) < 4.78 is 0. The van der Waals surface area contributed by atoms with Gasteiger partial charge in [-0.3, -0.25) is 0 Å². The van der Waals surface area contributed by atoms with Crippen LogP contribution in [-0.2, 0) is 0 Å². The Labute approximate surface area is 110 Å². The number of hydrogen-bond acceptors (Lipinski definition) is 4. The number of nitrogens with zero attached hydrogens (tertiary/aromatic N) is 1. The molecule has 0 saturated carbocycles. The van der Waals surface area contributed by atoms with Crippen molar-refractivity contribution in [1.82, 2.24) is 4.98 Å². The largest absolute Gasteiger partial charge is 0.399 e. The molecule has 1 heterocycles. The second-order valence-corrected chi connectivity index (χ2v) is 5.36. The lowest BCUT2D eigenvalue weighted by Gasteiger charge is -2.05. The molecule has 0 saturated heterocycles. The summed E-state index contributed by atoms with van der Waals surface area (Å²) in [6.07, 6.45) is 0. The lowest BCUT2D eigenvalue weighted by molar-refractivity contribution is 0.834. The van der Waals surface area contributed by atoms with E-state index in [1.165, 1.54) is 0 Å². The number of benzene rings is 1. The van der Waals surface area contributed by atoms with Gasteiger partial charge in [0.25, 0.3) is 0 Å². The van der Waals surface area contributed by atoms with Crippen molar-refractivity contribution >= 4 is 39.4 Å². The van der Waals surface area contributed by atoms with E-state index >= 15 is 0 Å². The predicted molar refractivity (Wildman–Crippen MR) is 75.4 cm³/mol. The minimum Gasteiger partial charge on any atom is -0.399 e. The summed E-state index contributed by atoms with van der Waals surface area (Å²) in [6.45, 7) is 4.24. The van der Waals surface area contributed by atoms with Gasteiger partial charge in [-0.1, -0.05) is 25.4 Å². The lowest BCUT2D eigenvalue weighted by Crippen LogP contribution is -1.93. The molecule has 0 aliphatic carbocycles. The average molecular weight is 268 g/mol. The summed E-state index contributed by atoms with van der Waals surface area (Å²) in [7, 11) is 0. The van der Waals surface area contributed by atoms with Crippen LogP contribution in [0, 0.1) is 0 Å². The van der Waals surface area contributed by atoms with Crippen molar-refractivity contribution in [2.24, 2.45) is 0 Å². The fourth-order valence-electron chi connectivity index (χ4n) is 1.36. The van der Waals surface area contributed by atoms with Gasteiger partial charge in [0.2, 0.25) is 0 Å². The highest BCUT2D eigenvalue weighted by atomic mass is 35.5. The molecule has 0 aliphatic heterocycles. The first-order valence-corrected chi connectivity index (χ1v) is 6.59. The molecule has 3 nitrogen and oxygen atoms in total. The molecule has 5 heteroatoms. The van der Waals surface area contributed by atoms with E-state index in [0.29, 0.717) is 16.6 Å². The van der Waals surface area contributed by atoms with Gasteiger partial charge >= 0.3 is 0 Å². The zero-order chi connectivity index (χ0) is 12.4. The Morgan fingerprint density at radius 1 is 1.41 bits per heavy atom. The summed E-state index contributed by atoms with van der Waals surface area (Å²) in [4.78, 5) is 4.49. The van der Waals surface area contributed by atoms with Crippen LogP contribution in [-0.4, -0.2) is 4.98 Å². The van der Waals surface area contributed by atoms with E-state index in [-0.39, 0.29) is 0 Å². The molecule has 0 radical (unpaired) electrons. The number of aromatic nitrogens is 1. The molecule has 17 heavy (non-hydrogen) atoms. The fraction of sp³-hybridized carbons (Fsp3) is 0.250. The maximum absolute atomic E-state index is 6.08. The number of nitrogens with one attached hydrogen (secondary N) is 1. The number of nitrogen functional groups attached to an aromatic ring is 1. The van der Waals surface area contributed by atoms with Crippen LogP contribution >= 0.6 is 22.9 Å². The van der Waals surface area contributed by atoms with Gasteiger partial charge in [-0.15, -0.1) is 11.3 Å². The molecular formula is C12H14ClN3S. The Morgan fingerprint density at radius 3 is 2.76 bits per heavy atom. The topological polar surface area (TPSA) is 50.9 Å². The smallest absolute Gasteiger partial charge is 0.187 e. The highest BCUT2D eigenvalue weighted by molar-refractivity contribution is 7.13. The van der Waals surface area contributed by atoms with Crippen LogP contribution in [0.15, 0.2) is 23.6 Å². The Morgan fingerprint density at radius 2 is 2.18 bits per heavy atom. The molecule has 1 aromatic carbocycles. The van der Waals surface area contributed by atoms with E-state index in [2.05, 4.69) is 29.5 Å². The SMILES string of the molecule is CC(C)c1csc(Nc2ccc(N)cc2Cl)n1. The standard InChI is InChI=1S/C12H14ClN3S/c1-7(2)11-6-17-12(16-11)15-10-4-3-8(14)5-9(10)13/h3-7H,14H2,1-2H3,(H,15,16). The van der Waals surface area contributed by atoms with Crippen LogP contribution in [0.1, 0.15) is 25.5 Å². The molecule has 3 N–H and O–H groups in total. The van der Waals surface area contributed by atoms with Gasteiger partial charge < -0.3 is 11.1 Å². The number of hydrogen-bond donors (Lipinski definition) is 2. The van der Waals surface area contributed by atoms with E-state index in [9.17, 15) is 0 Å². The van der Waals surface area contributed by atoms with E-state index in [1.54, 1.807) is 17.4 Å². The minimum absolute atomic E-state index is 0.434. The van der Waals surface area contributed by atoms with Crippen molar-refractivity contribution in [3.63, 3.8) is 0 Å². The molecule has 0 fully saturated rings. The van der Waals surface area contributed by atoms with Gasteiger partial charge in [0.05, 0.1) is 16.4 Å². The number of nitrogens with two attached hydrogens (primary N) is 1. The summed E-state index contributed by atoms with van der Waals surface area (Å²) in [5, 5.41) is 6.70. The van der Waals surface area contributed by atoms with Gasteiger partial charge in [-0.2, -0.15) is 0 Å². The molecule has 0 amide bonds. The molecule has 0 atom stereocenters. The number of rotatable bonds is 3. The third-order valence-corrected chi connectivity index (χ3v) is 3.44. The normalized spacial score (nSPS) is 10.8. The van der Waals surface area contributed by atoms with Crippen molar-refractivity contribution in [2.75, 3.05) is 11.1 Å². The van der Waals surface area contributed by atoms with Crippen LogP contribution < -0.4 is 11.1 Å². The summed E-state index contributed by atoms with van der Waals surface area (Å²) in [6, 6.07) is 5.39. The van der Waals surface area contributed by atoms with E-state index in [0.717, 1.165) is 16.5 Å². The maximum atomic E-state index is 6.08. The average Bonchev–Trinajstić information content (AvgIpc) is 2.71. The van der Waals surface area contributed by atoms with Gasteiger partial charge in [-0.05, 0) is 24.1 Å². The van der Waals surface area contributed by atoms with Crippen molar-refractivity contribution in [3.8, 4) is 0 Å². The quantitative estimate of drug-likeness (QED) is 0.818. The third kappa shape index (κ3) is 2.90. The Hall–Kier alpha value is -1.26. The fourth-order valence-corrected chi connectivity index (χ4v) is 2.48. The van der Waals surface area contributed by atoms with Crippen LogP contribution in [0.2, 0.25) is 5.02 Å². The summed E-state index contributed by atoms with van der Waals surface area (Å²) in [5.41, 5.74) is 8.21. The van der Waals surface area contributed by atoms with Crippen LogP contribution in [0.5, 0.6) is 0 Å². The van der Waals surface area contributed by atoms with Crippen LogP contribution in [0.3, 0.4) is 0 Å². The number of thiazole rings is 1. The Kier molecular flexibility index (Phi) is 3.54. The first-order valence-electron chi connectivity index (χ1n) is 5.33. The first-order chi connectivity index (χ1) is 8.06. The van der Waals surface area contributed by atoms with Gasteiger partial charge in [-0.25, -0.2) is 4.98 Å². The summed E-state index contributed by atoms with van der Waals surface area (Å²) in [5.74, 6) is 0.434. The van der Waals surface area contributed by atoms with Crippen LogP contribution in [0.25, 0.3) is 0 Å². The first kappa shape index (κ1) is 12.2. The molecule has 2 aromatic rings. The zero-order valence-corrected chi connectivity index (χ0v) is 11.3. The Balaban J connectivity index is 2.19. The van der Waals surface area contributed by atoms with Crippen molar-refractivity contribution in [2.45, 2.75) is 19.8 Å². The predicted octanol–water partition coefficient (Wildman–Crippen LogP) is 4.25.